The van der Waals surface area contributed by atoms with Crippen LogP contribution in [-0.4, -0.2) is 23.6 Å². The van der Waals surface area contributed by atoms with E-state index in [1.54, 1.807) is 0 Å². The van der Waals surface area contributed by atoms with Crippen LogP contribution in [-0.2, 0) is 9.53 Å². The van der Waals surface area contributed by atoms with E-state index >= 15 is 0 Å². The summed E-state index contributed by atoms with van der Waals surface area (Å²) in [5, 5.41) is 8.09. The molecule has 0 aromatic carbocycles. The van der Waals surface area contributed by atoms with Gasteiger partial charge in [-0.2, -0.15) is 0 Å². The molecule has 0 aromatic heterocycles. The van der Waals surface area contributed by atoms with Crippen LogP contribution < -0.4 is 0 Å². The molecule has 1 N–H and O–H groups in total. The maximum atomic E-state index is 9.84. The van der Waals surface area contributed by atoms with E-state index in [-0.39, 0.29) is 6.42 Å². The molecule has 1 unspecified atom stereocenters. The lowest BCUT2D eigenvalue weighted by Gasteiger charge is -2.01. The first-order valence-electron chi connectivity index (χ1n) is 2.09. The average Bonchev–Trinajstić information content (AvgIpc) is 1.65. The van der Waals surface area contributed by atoms with Crippen LogP contribution in [0.1, 0.15) is 6.42 Å². The fourth-order valence-corrected chi connectivity index (χ4v) is 0.389. The Bertz CT molecular complexity index is 83.4. The Morgan fingerprint density at radius 3 is 2.62 bits per heavy atom. The summed E-state index contributed by atoms with van der Waals surface area (Å²) >= 11 is 3.77. The third-order valence-corrected chi connectivity index (χ3v) is 1.01. The SMILES string of the molecule is COC(S)CC(=O)O. The molecule has 0 rings (SSSR count). The summed E-state index contributed by atoms with van der Waals surface area (Å²) in [5.74, 6) is -0.896. The summed E-state index contributed by atoms with van der Waals surface area (Å²) in [4.78, 5) is 9.84. The predicted molar refractivity (Wildman–Crippen MR) is 32.0 cm³/mol. The number of thiol groups is 1. The Kier molecular flexibility index (Phi) is 3.64. The first-order valence-corrected chi connectivity index (χ1v) is 2.61. The van der Waals surface area contributed by atoms with Gasteiger partial charge < -0.3 is 9.84 Å². The zero-order valence-corrected chi connectivity index (χ0v) is 5.39. The van der Waals surface area contributed by atoms with E-state index in [1.165, 1.54) is 7.11 Å². The zero-order chi connectivity index (χ0) is 6.57. The van der Waals surface area contributed by atoms with Crippen LogP contribution in [0.15, 0.2) is 0 Å². The lowest BCUT2D eigenvalue weighted by atomic mass is 10.5. The number of hydrogen-bond acceptors (Lipinski definition) is 3. The first kappa shape index (κ1) is 7.78. The molecule has 0 saturated heterocycles. The molecule has 0 aliphatic carbocycles. The van der Waals surface area contributed by atoms with Gasteiger partial charge in [-0.05, 0) is 0 Å². The van der Waals surface area contributed by atoms with Crippen LogP contribution >= 0.6 is 12.6 Å². The molecule has 0 bridgehead atoms. The molecule has 4 heteroatoms. The molecule has 0 fully saturated rings. The minimum absolute atomic E-state index is 0.0559. The molecular formula is C4H8O3S. The number of rotatable bonds is 3. The third kappa shape index (κ3) is 3.95. The number of hydrogen-bond donors (Lipinski definition) is 2. The predicted octanol–water partition coefficient (Wildman–Crippen LogP) is 0.363. The van der Waals surface area contributed by atoms with Crippen molar-refractivity contribution in [2.24, 2.45) is 0 Å². The summed E-state index contributed by atoms with van der Waals surface area (Å²) in [6, 6.07) is 0. The van der Waals surface area contributed by atoms with E-state index in [0.29, 0.717) is 0 Å². The van der Waals surface area contributed by atoms with Crippen molar-refractivity contribution in [2.45, 2.75) is 11.9 Å². The molecule has 0 aliphatic rings. The van der Waals surface area contributed by atoms with Crippen LogP contribution in [0, 0.1) is 0 Å². The molecule has 0 aromatic rings. The molecule has 0 aliphatic heterocycles. The Balaban J connectivity index is 3.24. The Labute approximate surface area is 53.1 Å². The number of methoxy groups -OCH3 is 1. The van der Waals surface area contributed by atoms with Gasteiger partial charge in [-0.1, -0.05) is 0 Å². The van der Waals surface area contributed by atoms with Gasteiger partial charge in [-0.3, -0.25) is 4.79 Å². The van der Waals surface area contributed by atoms with Crippen molar-refractivity contribution >= 4 is 18.6 Å². The van der Waals surface area contributed by atoms with Crippen LogP contribution in [0.25, 0.3) is 0 Å². The monoisotopic (exact) mass is 136 g/mol. The van der Waals surface area contributed by atoms with Crippen molar-refractivity contribution in [1.82, 2.24) is 0 Å². The fourth-order valence-electron chi connectivity index (χ4n) is 0.233. The van der Waals surface area contributed by atoms with Crippen LogP contribution in [0.5, 0.6) is 0 Å². The highest BCUT2D eigenvalue weighted by molar-refractivity contribution is 7.80. The number of carbonyl (C=O) groups is 1. The lowest BCUT2D eigenvalue weighted by Crippen LogP contribution is -2.08. The highest BCUT2D eigenvalue weighted by Crippen LogP contribution is 1.99. The van der Waals surface area contributed by atoms with Crippen LogP contribution in [0.2, 0.25) is 0 Å². The number of carboxylic acids is 1. The van der Waals surface area contributed by atoms with Crippen molar-refractivity contribution in [3.05, 3.63) is 0 Å². The van der Waals surface area contributed by atoms with Crippen molar-refractivity contribution in [3.63, 3.8) is 0 Å². The highest BCUT2D eigenvalue weighted by atomic mass is 32.1. The quantitative estimate of drug-likeness (QED) is 0.435. The van der Waals surface area contributed by atoms with Crippen molar-refractivity contribution in [3.8, 4) is 0 Å². The van der Waals surface area contributed by atoms with Gasteiger partial charge in [0.1, 0.15) is 5.44 Å². The molecule has 0 amide bonds. The van der Waals surface area contributed by atoms with E-state index < -0.39 is 11.4 Å². The van der Waals surface area contributed by atoms with E-state index in [2.05, 4.69) is 17.4 Å². The molecular weight excluding hydrogens is 128 g/mol. The average molecular weight is 136 g/mol. The van der Waals surface area contributed by atoms with Gasteiger partial charge in [0.15, 0.2) is 0 Å². The Morgan fingerprint density at radius 2 is 2.50 bits per heavy atom. The molecule has 0 saturated carbocycles. The van der Waals surface area contributed by atoms with E-state index in [4.69, 9.17) is 5.11 Å². The summed E-state index contributed by atoms with van der Waals surface area (Å²) in [7, 11) is 1.42. The van der Waals surface area contributed by atoms with Crippen LogP contribution in [0.4, 0.5) is 0 Å². The van der Waals surface area contributed by atoms with Gasteiger partial charge in [-0.15, -0.1) is 12.6 Å². The molecule has 8 heavy (non-hydrogen) atoms. The third-order valence-electron chi connectivity index (χ3n) is 0.621. The number of ether oxygens (including phenoxy) is 1. The van der Waals surface area contributed by atoms with E-state index in [0.717, 1.165) is 0 Å². The lowest BCUT2D eigenvalue weighted by molar-refractivity contribution is -0.138. The van der Waals surface area contributed by atoms with E-state index in [9.17, 15) is 4.79 Å². The second-order valence-electron chi connectivity index (χ2n) is 1.29. The summed E-state index contributed by atoms with van der Waals surface area (Å²) in [5.41, 5.74) is -0.479. The normalized spacial score (nSPS) is 13.2. The van der Waals surface area contributed by atoms with Gasteiger partial charge in [0.05, 0.1) is 6.42 Å². The molecule has 0 heterocycles. The second-order valence-corrected chi connectivity index (χ2v) is 1.86. The first-order chi connectivity index (χ1) is 3.66. The van der Waals surface area contributed by atoms with Gasteiger partial charge in [0, 0.05) is 7.11 Å². The topological polar surface area (TPSA) is 46.5 Å². The smallest absolute Gasteiger partial charge is 0.306 e. The highest BCUT2D eigenvalue weighted by Gasteiger charge is 2.04. The van der Waals surface area contributed by atoms with Gasteiger partial charge >= 0.3 is 5.97 Å². The summed E-state index contributed by atoms with van der Waals surface area (Å²) in [6.45, 7) is 0. The zero-order valence-electron chi connectivity index (χ0n) is 4.50. The maximum absolute atomic E-state index is 9.84. The second kappa shape index (κ2) is 3.74. The number of aliphatic carboxylic acids is 1. The maximum Gasteiger partial charge on any atom is 0.306 e. The van der Waals surface area contributed by atoms with Gasteiger partial charge in [0.25, 0.3) is 0 Å². The Hall–Kier alpha value is -0.220. The minimum Gasteiger partial charge on any atom is -0.481 e. The van der Waals surface area contributed by atoms with E-state index in [1.807, 2.05) is 0 Å². The summed E-state index contributed by atoms with van der Waals surface area (Å²) < 4.78 is 4.54. The van der Waals surface area contributed by atoms with Crippen LogP contribution in [0.3, 0.4) is 0 Å². The molecule has 3 nitrogen and oxygen atoms in total. The van der Waals surface area contributed by atoms with Crippen molar-refractivity contribution in [2.75, 3.05) is 7.11 Å². The molecule has 0 spiro atoms. The van der Waals surface area contributed by atoms with Gasteiger partial charge in [-0.25, -0.2) is 0 Å². The standard InChI is InChI=1S/C4H8O3S/c1-7-4(8)2-3(5)6/h4,8H,2H2,1H3,(H,5,6). The Morgan fingerprint density at radius 1 is 2.00 bits per heavy atom. The molecule has 48 valence electrons. The number of carboxylic acid groups (broad SMARTS) is 1. The van der Waals surface area contributed by atoms with Gasteiger partial charge in [0.2, 0.25) is 0 Å². The van der Waals surface area contributed by atoms with Crippen molar-refractivity contribution < 1.29 is 14.6 Å². The largest absolute Gasteiger partial charge is 0.481 e. The summed E-state index contributed by atoms with van der Waals surface area (Å²) in [6.07, 6.45) is -0.0559. The molecule has 1 atom stereocenters. The minimum atomic E-state index is -0.896. The molecule has 0 radical (unpaired) electrons. The fraction of sp³-hybridized carbons (Fsp3) is 0.750. The van der Waals surface area contributed by atoms with Crippen molar-refractivity contribution in [1.29, 1.82) is 0 Å².